The van der Waals surface area contributed by atoms with Crippen molar-refractivity contribution < 1.29 is 0 Å². The molecule has 0 saturated heterocycles. The van der Waals surface area contributed by atoms with Crippen LogP contribution in [0, 0.1) is 22.7 Å². The maximum atomic E-state index is 10.3. The summed E-state index contributed by atoms with van der Waals surface area (Å²) in [5.74, 6) is 0. The lowest BCUT2D eigenvalue weighted by Gasteiger charge is -2.16. The zero-order chi connectivity index (χ0) is 32.2. The van der Waals surface area contributed by atoms with Crippen molar-refractivity contribution in [2.75, 3.05) is 0 Å². The van der Waals surface area contributed by atoms with E-state index in [0.717, 1.165) is 55.7 Å². The second-order valence-electron chi connectivity index (χ2n) is 12.1. The predicted molar refractivity (Wildman–Crippen MR) is 195 cm³/mol. The average Bonchev–Trinajstić information content (AvgIpc) is 3.68. The van der Waals surface area contributed by atoms with E-state index in [4.69, 9.17) is 0 Å². The van der Waals surface area contributed by atoms with Gasteiger partial charge in [-0.2, -0.15) is 10.5 Å². The first-order chi connectivity index (χ1) is 23.7. The summed E-state index contributed by atoms with van der Waals surface area (Å²) < 4.78 is 4.57. The Morgan fingerprint density at radius 1 is 0.333 bits per heavy atom. The highest BCUT2D eigenvalue weighted by molar-refractivity contribution is 6.10. The second-order valence-corrected chi connectivity index (χ2v) is 12.1. The molecule has 0 aliphatic rings. The number of rotatable bonds is 4. The highest BCUT2D eigenvalue weighted by Gasteiger charge is 2.17. The fourth-order valence-electron chi connectivity index (χ4n) is 7.21. The molecule has 4 heteroatoms. The fourth-order valence-corrected chi connectivity index (χ4v) is 7.21. The minimum absolute atomic E-state index is 0.583. The molecule has 9 rings (SSSR count). The smallest absolute Gasteiger partial charge is 0.0992 e. The molecule has 4 nitrogen and oxygen atoms in total. The minimum Gasteiger partial charge on any atom is -0.309 e. The van der Waals surface area contributed by atoms with E-state index >= 15 is 0 Å². The van der Waals surface area contributed by atoms with Crippen LogP contribution in [-0.2, 0) is 0 Å². The zero-order valence-corrected chi connectivity index (χ0v) is 25.8. The number of fused-ring (bicyclic) bond motifs is 6. The number of nitriles is 2. The molecule has 0 spiro atoms. The van der Waals surface area contributed by atoms with Gasteiger partial charge in [0.05, 0.1) is 45.3 Å². The molecule has 7 aromatic carbocycles. The Morgan fingerprint density at radius 2 is 0.729 bits per heavy atom. The molecule has 0 radical (unpaired) electrons. The molecule has 48 heavy (non-hydrogen) atoms. The Labute approximate surface area is 277 Å². The first-order valence-corrected chi connectivity index (χ1v) is 15.9. The molecule has 2 aromatic heterocycles. The Balaban J connectivity index is 1.34. The van der Waals surface area contributed by atoms with Crippen LogP contribution in [0.3, 0.4) is 0 Å². The highest BCUT2D eigenvalue weighted by atomic mass is 15.0. The van der Waals surface area contributed by atoms with Crippen molar-refractivity contribution >= 4 is 43.6 Å². The third kappa shape index (κ3) is 4.29. The lowest BCUT2D eigenvalue weighted by atomic mass is 9.95. The molecule has 0 aliphatic carbocycles. The maximum absolute atomic E-state index is 10.3. The van der Waals surface area contributed by atoms with Crippen LogP contribution in [0.1, 0.15) is 11.1 Å². The summed E-state index contributed by atoms with van der Waals surface area (Å²) in [5.41, 5.74) is 11.4. The summed E-state index contributed by atoms with van der Waals surface area (Å²) in [5, 5.41) is 24.7. The first-order valence-electron chi connectivity index (χ1n) is 15.9. The van der Waals surface area contributed by atoms with E-state index < -0.39 is 0 Å². The van der Waals surface area contributed by atoms with E-state index in [-0.39, 0.29) is 0 Å². The molecule has 222 valence electrons. The van der Waals surface area contributed by atoms with Crippen LogP contribution in [0.25, 0.3) is 77.2 Å². The SMILES string of the molecule is N#Cc1cccc(-c2cc(-c3cc(C#N)cc(-n4c5ccccc5c5ccccc54)c3)cc(-n3c4ccccc4c4ccccc43)c2)c1. The molecule has 0 amide bonds. The molecule has 0 atom stereocenters. The van der Waals surface area contributed by atoms with E-state index in [1.165, 1.54) is 21.5 Å². The monoisotopic (exact) mass is 610 g/mol. The number of hydrogen-bond acceptors (Lipinski definition) is 2. The van der Waals surface area contributed by atoms with Crippen LogP contribution >= 0.6 is 0 Å². The van der Waals surface area contributed by atoms with Crippen LogP contribution in [0.4, 0.5) is 0 Å². The van der Waals surface area contributed by atoms with Gasteiger partial charge in [-0.3, -0.25) is 0 Å². The van der Waals surface area contributed by atoms with E-state index in [9.17, 15) is 10.5 Å². The summed E-state index contributed by atoms with van der Waals surface area (Å²) in [6.07, 6.45) is 0. The topological polar surface area (TPSA) is 57.4 Å². The van der Waals surface area contributed by atoms with Crippen molar-refractivity contribution in [3.63, 3.8) is 0 Å². The van der Waals surface area contributed by atoms with Gasteiger partial charge in [0.1, 0.15) is 0 Å². The summed E-state index contributed by atoms with van der Waals surface area (Å²) >= 11 is 0. The minimum atomic E-state index is 0.583. The Morgan fingerprint density at radius 3 is 1.21 bits per heavy atom. The molecule has 0 bridgehead atoms. The zero-order valence-electron chi connectivity index (χ0n) is 25.8. The highest BCUT2D eigenvalue weighted by Crippen LogP contribution is 2.38. The van der Waals surface area contributed by atoms with Gasteiger partial charge in [0, 0.05) is 32.9 Å². The van der Waals surface area contributed by atoms with Gasteiger partial charge in [0.25, 0.3) is 0 Å². The van der Waals surface area contributed by atoms with Gasteiger partial charge in [-0.05, 0) is 95.1 Å². The van der Waals surface area contributed by atoms with Crippen LogP contribution < -0.4 is 0 Å². The number of hydrogen-bond donors (Lipinski definition) is 0. The van der Waals surface area contributed by atoms with Gasteiger partial charge in [-0.25, -0.2) is 0 Å². The first kappa shape index (κ1) is 27.4. The third-order valence-corrected chi connectivity index (χ3v) is 9.30. The normalized spacial score (nSPS) is 11.3. The van der Waals surface area contributed by atoms with Crippen molar-refractivity contribution in [1.82, 2.24) is 9.13 Å². The number of aromatic nitrogens is 2. The van der Waals surface area contributed by atoms with Crippen molar-refractivity contribution in [3.05, 3.63) is 169 Å². The average molecular weight is 611 g/mol. The molecule has 0 aliphatic heterocycles. The lowest BCUT2D eigenvalue weighted by Crippen LogP contribution is -1.98. The van der Waals surface area contributed by atoms with Gasteiger partial charge < -0.3 is 9.13 Å². The van der Waals surface area contributed by atoms with E-state index in [2.05, 4.69) is 143 Å². The molecular weight excluding hydrogens is 585 g/mol. The summed E-state index contributed by atoms with van der Waals surface area (Å²) in [4.78, 5) is 0. The van der Waals surface area contributed by atoms with E-state index in [1.54, 1.807) is 0 Å². The number of para-hydroxylation sites is 4. The molecule has 9 aromatic rings. The standard InChI is InChI=1S/C44H26N4/c45-27-29-10-9-11-31(20-29)33-23-34(26-36(25-33)48-43-18-7-3-14-39(43)40-15-4-8-19-44(40)48)32-21-30(28-46)22-35(24-32)47-41-16-5-1-12-37(41)38-13-2-6-17-42(38)47/h1-26H. The van der Waals surface area contributed by atoms with Gasteiger partial charge in [0.15, 0.2) is 0 Å². The predicted octanol–water partition coefficient (Wildman–Crippen LogP) is 11.0. The molecule has 2 heterocycles. The molecule has 0 saturated carbocycles. The van der Waals surface area contributed by atoms with Crippen molar-refractivity contribution in [2.45, 2.75) is 0 Å². The molecular formula is C44H26N4. The van der Waals surface area contributed by atoms with Crippen molar-refractivity contribution in [1.29, 1.82) is 10.5 Å². The van der Waals surface area contributed by atoms with Crippen LogP contribution in [0.5, 0.6) is 0 Å². The van der Waals surface area contributed by atoms with Crippen molar-refractivity contribution in [3.8, 4) is 45.8 Å². The molecule has 0 N–H and O–H groups in total. The van der Waals surface area contributed by atoms with Gasteiger partial charge in [0.2, 0.25) is 0 Å². The number of benzene rings is 7. The summed E-state index contributed by atoms with van der Waals surface area (Å²) in [6, 6.07) is 59.0. The van der Waals surface area contributed by atoms with Crippen LogP contribution in [0.2, 0.25) is 0 Å². The second kappa shape index (κ2) is 10.9. The lowest BCUT2D eigenvalue weighted by molar-refractivity contribution is 1.17. The number of nitrogens with zero attached hydrogens (tertiary/aromatic N) is 4. The van der Waals surface area contributed by atoms with E-state index in [0.29, 0.717) is 11.1 Å². The molecule has 0 fully saturated rings. The van der Waals surface area contributed by atoms with Crippen LogP contribution in [0.15, 0.2) is 158 Å². The Hall–Kier alpha value is -6.88. The Kier molecular flexibility index (Phi) is 6.22. The third-order valence-electron chi connectivity index (χ3n) is 9.30. The van der Waals surface area contributed by atoms with Gasteiger partial charge in [-0.1, -0.05) is 84.9 Å². The fraction of sp³-hybridized carbons (Fsp3) is 0. The van der Waals surface area contributed by atoms with Gasteiger partial charge >= 0.3 is 0 Å². The van der Waals surface area contributed by atoms with Gasteiger partial charge in [-0.15, -0.1) is 0 Å². The van der Waals surface area contributed by atoms with E-state index in [1.807, 2.05) is 36.4 Å². The quantitative estimate of drug-likeness (QED) is 0.199. The molecule has 0 unspecified atom stereocenters. The van der Waals surface area contributed by atoms with Crippen LogP contribution in [-0.4, -0.2) is 9.13 Å². The Bertz CT molecular complexity index is 2710. The maximum Gasteiger partial charge on any atom is 0.0992 e. The largest absolute Gasteiger partial charge is 0.309 e. The summed E-state index contributed by atoms with van der Waals surface area (Å²) in [6.45, 7) is 0. The van der Waals surface area contributed by atoms with Crippen molar-refractivity contribution in [2.24, 2.45) is 0 Å². The summed E-state index contributed by atoms with van der Waals surface area (Å²) in [7, 11) is 0.